The fourth-order valence-corrected chi connectivity index (χ4v) is 3.36. The molecule has 0 spiro atoms. The molecule has 2 heteroatoms. The quantitative estimate of drug-likeness (QED) is 0.623. The van der Waals surface area contributed by atoms with Crippen molar-refractivity contribution in [2.75, 3.05) is 0 Å². The zero-order valence-electron chi connectivity index (χ0n) is 14.9. The largest absolute Gasteiger partial charge is 0.330 e. The summed E-state index contributed by atoms with van der Waals surface area (Å²) in [4.78, 5) is 4.83. The van der Waals surface area contributed by atoms with Crippen molar-refractivity contribution in [2.24, 2.45) is 7.05 Å². The van der Waals surface area contributed by atoms with E-state index < -0.39 is 0 Å². The molecule has 0 aliphatic heterocycles. The Hall–Kier alpha value is -2.22. The van der Waals surface area contributed by atoms with Crippen LogP contribution in [0, 0.1) is 20.8 Å². The maximum absolute atomic E-state index is 4.83. The molecule has 1 heterocycles. The van der Waals surface area contributed by atoms with Gasteiger partial charge in [-0.3, -0.25) is 0 Å². The van der Waals surface area contributed by atoms with E-state index in [0.717, 1.165) is 5.82 Å². The molecule has 0 saturated carbocycles. The van der Waals surface area contributed by atoms with Crippen molar-refractivity contribution in [3.63, 3.8) is 0 Å². The first-order chi connectivity index (χ1) is 10.9. The second-order valence-electron chi connectivity index (χ2n) is 6.83. The van der Waals surface area contributed by atoms with Crippen molar-refractivity contribution in [1.29, 1.82) is 0 Å². The van der Waals surface area contributed by atoms with Crippen molar-refractivity contribution < 1.29 is 4.57 Å². The van der Waals surface area contributed by atoms with Gasteiger partial charge in [0.15, 0.2) is 6.20 Å². The summed E-state index contributed by atoms with van der Waals surface area (Å²) in [6, 6.07) is 11.0. The van der Waals surface area contributed by atoms with Crippen molar-refractivity contribution in [3.05, 3.63) is 58.8 Å². The molecule has 0 fully saturated rings. The monoisotopic (exact) mass is 305 g/mol. The van der Waals surface area contributed by atoms with E-state index in [1.54, 1.807) is 0 Å². The van der Waals surface area contributed by atoms with Crippen LogP contribution in [0.25, 0.3) is 22.3 Å². The van der Waals surface area contributed by atoms with Crippen LogP contribution < -0.4 is 4.57 Å². The zero-order chi connectivity index (χ0) is 16.7. The lowest BCUT2D eigenvalue weighted by Crippen LogP contribution is -2.33. The van der Waals surface area contributed by atoms with E-state index in [9.17, 15) is 0 Å². The minimum absolute atomic E-state index is 0.495. The highest BCUT2D eigenvalue weighted by molar-refractivity contribution is 5.80. The van der Waals surface area contributed by atoms with E-state index in [1.807, 2.05) is 6.20 Å². The van der Waals surface area contributed by atoms with Crippen molar-refractivity contribution in [1.82, 2.24) is 4.98 Å². The normalized spacial score (nSPS) is 11.4. The Morgan fingerprint density at radius 1 is 1.04 bits per heavy atom. The predicted octanol–water partition coefficient (Wildman–Crippen LogP) is 4.77. The molecule has 3 aromatic rings. The molecule has 0 aliphatic rings. The molecule has 1 aromatic heterocycles. The van der Waals surface area contributed by atoms with Gasteiger partial charge < -0.3 is 0 Å². The molecule has 0 amide bonds. The molecule has 0 bridgehead atoms. The van der Waals surface area contributed by atoms with Crippen molar-refractivity contribution >= 4 is 10.9 Å². The number of aryl methyl sites for hydroxylation is 3. The van der Waals surface area contributed by atoms with Gasteiger partial charge >= 0.3 is 5.82 Å². The molecule has 0 atom stereocenters. The number of hydrogen-bond donors (Lipinski definition) is 0. The van der Waals surface area contributed by atoms with Crippen LogP contribution in [0.3, 0.4) is 0 Å². The second kappa shape index (κ2) is 5.77. The van der Waals surface area contributed by atoms with Gasteiger partial charge in [0.1, 0.15) is 5.52 Å². The standard InChI is InChI=1S/C21H25N2/c1-13(2)17-8-7-9-20-19(17)12-22-21(23(20)6)18-11-14(3)10-15(4)16(18)5/h7-13H,1-6H3/q+1. The third kappa shape index (κ3) is 2.63. The van der Waals surface area contributed by atoms with Crippen LogP contribution in [0.4, 0.5) is 0 Å². The van der Waals surface area contributed by atoms with Crippen LogP contribution in [0.1, 0.15) is 42.0 Å². The van der Waals surface area contributed by atoms with Gasteiger partial charge in [0.25, 0.3) is 0 Å². The maximum Gasteiger partial charge on any atom is 0.330 e. The molecule has 3 rings (SSSR count). The molecule has 0 aliphatic carbocycles. The minimum Gasteiger partial charge on any atom is -0.226 e. The van der Waals surface area contributed by atoms with Crippen LogP contribution >= 0.6 is 0 Å². The molecular formula is C21H25N2+. The number of aromatic nitrogens is 2. The molecular weight excluding hydrogens is 280 g/mol. The molecule has 0 saturated heterocycles. The highest BCUT2D eigenvalue weighted by Crippen LogP contribution is 2.27. The van der Waals surface area contributed by atoms with Crippen molar-refractivity contribution in [2.45, 2.75) is 40.5 Å². The summed E-state index contributed by atoms with van der Waals surface area (Å²) in [5.41, 5.74) is 7.72. The SMILES string of the molecule is Cc1cc(C)c(C)c(-c2ncc3c(C(C)C)cccc3[n+]2C)c1. The number of fused-ring (bicyclic) bond motifs is 1. The molecule has 2 nitrogen and oxygen atoms in total. The predicted molar refractivity (Wildman–Crippen MR) is 96.7 cm³/mol. The third-order valence-electron chi connectivity index (χ3n) is 4.79. The van der Waals surface area contributed by atoms with Crippen LogP contribution in [-0.2, 0) is 7.05 Å². The lowest BCUT2D eigenvalue weighted by molar-refractivity contribution is -0.636. The van der Waals surface area contributed by atoms with Crippen LogP contribution in [-0.4, -0.2) is 4.98 Å². The molecule has 118 valence electrons. The van der Waals surface area contributed by atoms with Gasteiger partial charge in [-0.1, -0.05) is 32.0 Å². The average molecular weight is 305 g/mol. The van der Waals surface area contributed by atoms with E-state index >= 15 is 0 Å². The Balaban J connectivity index is 2.31. The van der Waals surface area contributed by atoms with Gasteiger partial charge in [-0.05, 0) is 66.1 Å². The van der Waals surface area contributed by atoms with Gasteiger partial charge in [-0.25, -0.2) is 4.57 Å². The molecule has 23 heavy (non-hydrogen) atoms. The van der Waals surface area contributed by atoms with E-state index in [4.69, 9.17) is 4.98 Å². The minimum atomic E-state index is 0.495. The number of nitrogens with zero attached hydrogens (tertiary/aromatic N) is 2. The van der Waals surface area contributed by atoms with Crippen LogP contribution in [0.5, 0.6) is 0 Å². The van der Waals surface area contributed by atoms with Gasteiger partial charge in [0.2, 0.25) is 0 Å². The first-order valence-corrected chi connectivity index (χ1v) is 8.26. The molecule has 2 aromatic carbocycles. The highest BCUT2D eigenvalue weighted by atomic mass is 15.0. The van der Waals surface area contributed by atoms with Gasteiger partial charge in [0, 0.05) is 0 Å². The van der Waals surface area contributed by atoms with Gasteiger partial charge in [-0.15, -0.1) is 0 Å². The Morgan fingerprint density at radius 3 is 2.48 bits per heavy atom. The Morgan fingerprint density at radius 2 is 1.78 bits per heavy atom. The van der Waals surface area contributed by atoms with Crippen molar-refractivity contribution in [3.8, 4) is 11.4 Å². The summed E-state index contributed by atoms with van der Waals surface area (Å²) in [7, 11) is 2.12. The molecule has 0 N–H and O–H groups in total. The fourth-order valence-electron chi connectivity index (χ4n) is 3.36. The summed E-state index contributed by atoms with van der Waals surface area (Å²) >= 11 is 0. The lowest BCUT2D eigenvalue weighted by atomic mass is 9.97. The number of hydrogen-bond acceptors (Lipinski definition) is 1. The highest BCUT2D eigenvalue weighted by Gasteiger charge is 2.20. The molecule has 0 unspecified atom stereocenters. The van der Waals surface area contributed by atoms with E-state index in [2.05, 4.69) is 76.6 Å². The zero-order valence-corrected chi connectivity index (χ0v) is 14.9. The Bertz CT molecular complexity index is 892. The van der Waals surface area contributed by atoms with Gasteiger partial charge in [0.05, 0.1) is 18.0 Å². The summed E-state index contributed by atoms with van der Waals surface area (Å²) in [5, 5.41) is 1.25. The number of rotatable bonds is 2. The lowest BCUT2D eigenvalue weighted by Gasteiger charge is -2.12. The first kappa shape index (κ1) is 15.7. The van der Waals surface area contributed by atoms with Crippen LogP contribution in [0.2, 0.25) is 0 Å². The van der Waals surface area contributed by atoms with E-state index in [0.29, 0.717) is 5.92 Å². The second-order valence-corrected chi connectivity index (χ2v) is 6.83. The average Bonchev–Trinajstić information content (AvgIpc) is 2.51. The smallest absolute Gasteiger partial charge is 0.226 e. The Kier molecular flexibility index (Phi) is 3.93. The Labute approximate surface area is 138 Å². The fraction of sp³-hybridized carbons (Fsp3) is 0.333. The third-order valence-corrected chi connectivity index (χ3v) is 4.79. The maximum atomic E-state index is 4.83. The summed E-state index contributed by atoms with van der Waals surface area (Å²) in [6.07, 6.45) is 2.04. The summed E-state index contributed by atoms with van der Waals surface area (Å²) < 4.78 is 2.22. The topological polar surface area (TPSA) is 16.8 Å². The van der Waals surface area contributed by atoms with Crippen LogP contribution in [0.15, 0.2) is 36.5 Å². The summed E-state index contributed by atoms with van der Waals surface area (Å²) in [6.45, 7) is 11.0. The van der Waals surface area contributed by atoms with Gasteiger partial charge in [-0.2, -0.15) is 0 Å². The van der Waals surface area contributed by atoms with E-state index in [1.165, 1.54) is 38.7 Å². The number of benzene rings is 2. The molecule has 0 radical (unpaired) electrons. The first-order valence-electron chi connectivity index (χ1n) is 8.26. The van der Waals surface area contributed by atoms with E-state index in [-0.39, 0.29) is 0 Å². The summed E-state index contributed by atoms with van der Waals surface area (Å²) in [5.74, 6) is 1.53.